The summed E-state index contributed by atoms with van der Waals surface area (Å²) in [5, 5.41) is 14.2. The van der Waals surface area contributed by atoms with Crippen molar-refractivity contribution in [2.24, 2.45) is 0 Å². The number of halogens is 1. The summed E-state index contributed by atoms with van der Waals surface area (Å²) >= 11 is 0. The van der Waals surface area contributed by atoms with E-state index in [9.17, 15) is 14.0 Å². The van der Waals surface area contributed by atoms with Crippen LogP contribution in [-0.4, -0.2) is 36.0 Å². The van der Waals surface area contributed by atoms with Gasteiger partial charge in [0.05, 0.1) is 11.3 Å². The van der Waals surface area contributed by atoms with E-state index in [2.05, 4.69) is 10.6 Å². The molecular formula is C14H15FN4O2. The molecule has 1 aliphatic rings. The summed E-state index contributed by atoms with van der Waals surface area (Å²) in [6.07, 6.45) is 0.494. The molecule has 110 valence electrons. The number of hydrogen-bond acceptors (Lipinski definition) is 3. The van der Waals surface area contributed by atoms with Gasteiger partial charge < -0.3 is 15.5 Å². The molecule has 1 saturated heterocycles. The van der Waals surface area contributed by atoms with Crippen LogP contribution in [-0.2, 0) is 4.79 Å². The minimum absolute atomic E-state index is 0.0397. The lowest BCUT2D eigenvalue weighted by Gasteiger charge is -2.34. The van der Waals surface area contributed by atoms with Gasteiger partial charge >= 0.3 is 6.03 Å². The maximum Gasteiger partial charge on any atom is 0.322 e. The van der Waals surface area contributed by atoms with Gasteiger partial charge in [0.15, 0.2) is 0 Å². The van der Waals surface area contributed by atoms with Crippen LogP contribution in [0.1, 0.15) is 18.9 Å². The molecule has 2 rings (SSSR count). The third-order valence-corrected chi connectivity index (χ3v) is 3.32. The van der Waals surface area contributed by atoms with Gasteiger partial charge in [0.1, 0.15) is 17.9 Å². The van der Waals surface area contributed by atoms with Gasteiger partial charge in [-0.1, -0.05) is 6.92 Å². The monoisotopic (exact) mass is 290 g/mol. The van der Waals surface area contributed by atoms with Gasteiger partial charge in [0.2, 0.25) is 5.91 Å². The first-order chi connectivity index (χ1) is 10.1. The molecule has 21 heavy (non-hydrogen) atoms. The Morgan fingerprint density at radius 2 is 2.38 bits per heavy atom. The van der Waals surface area contributed by atoms with Crippen LogP contribution < -0.4 is 10.6 Å². The molecule has 3 amide bonds. The fourth-order valence-corrected chi connectivity index (χ4v) is 2.27. The molecule has 0 bridgehead atoms. The zero-order valence-electron chi connectivity index (χ0n) is 11.5. The second-order valence-electron chi connectivity index (χ2n) is 4.64. The molecule has 0 aliphatic carbocycles. The van der Waals surface area contributed by atoms with E-state index in [1.54, 1.807) is 0 Å². The number of carbonyl (C=O) groups excluding carboxylic acids is 2. The molecule has 0 saturated carbocycles. The van der Waals surface area contributed by atoms with E-state index in [1.165, 1.54) is 11.0 Å². The predicted molar refractivity (Wildman–Crippen MR) is 73.9 cm³/mol. The van der Waals surface area contributed by atoms with Gasteiger partial charge in [0, 0.05) is 13.1 Å². The normalized spacial score (nSPS) is 17.9. The molecule has 1 aromatic carbocycles. The zero-order chi connectivity index (χ0) is 15.4. The Balaban J connectivity index is 2.18. The van der Waals surface area contributed by atoms with Crippen molar-refractivity contribution in [3.8, 4) is 6.07 Å². The number of benzene rings is 1. The first-order valence-corrected chi connectivity index (χ1v) is 6.61. The number of piperazine rings is 1. The first kappa shape index (κ1) is 14.8. The molecule has 1 unspecified atom stereocenters. The van der Waals surface area contributed by atoms with Crippen molar-refractivity contribution < 1.29 is 14.0 Å². The minimum atomic E-state index is -0.548. The van der Waals surface area contributed by atoms with Gasteiger partial charge in [-0.15, -0.1) is 0 Å². The molecule has 1 fully saturated rings. The lowest BCUT2D eigenvalue weighted by atomic mass is 10.1. The first-order valence-electron chi connectivity index (χ1n) is 6.61. The summed E-state index contributed by atoms with van der Waals surface area (Å²) in [5.41, 5.74) is 0.266. The van der Waals surface area contributed by atoms with E-state index in [1.807, 2.05) is 13.0 Å². The Hall–Kier alpha value is -2.62. The largest absolute Gasteiger partial charge is 0.353 e. The molecule has 1 aliphatic heterocycles. The number of nitriles is 1. The van der Waals surface area contributed by atoms with Gasteiger partial charge in [-0.2, -0.15) is 5.26 Å². The number of hydrogen-bond donors (Lipinski definition) is 2. The fraction of sp³-hybridized carbons (Fsp3) is 0.357. The highest BCUT2D eigenvalue weighted by molar-refractivity contribution is 5.95. The number of rotatable bonds is 2. The molecule has 2 N–H and O–H groups in total. The third kappa shape index (κ3) is 3.11. The van der Waals surface area contributed by atoms with Crippen molar-refractivity contribution in [2.75, 3.05) is 18.4 Å². The van der Waals surface area contributed by atoms with Gasteiger partial charge in [-0.3, -0.25) is 4.79 Å². The van der Waals surface area contributed by atoms with Crippen molar-refractivity contribution in [1.29, 1.82) is 5.26 Å². The Bertz CT molecular complexity index is 611. The van der Waals surface area contributed by atoms with E-state index in [0.717, 1.165) is 12.1 Å². The highest BCUT2D eigenvalue weighted by Gasteiger charge is 2.31. The quantitative estimate of drug-likeness (QED) is 0.864. The number of anilines is 1. The van der Waals surface area contributed by atoms with Crippen LogP contribution in [0.2, 0.25) is 0 Å². The van der Waals surface area contributed by atoms with Gasteiger partial charge in [-0.05, 0) is 24.6 Å². The average Bonchev–Trinajstić information content (AvgIpc) is 2.48. The number of urea groups is 1. The van der Waals surface area contributed by atoms with Crippen LogP contribution in [0.15, 0.2) is 18.2 Å². The Labute approximate surface area is 121 Å². The molecule has 7 heteroatoms. The van der Waals surface area contributed by atoms with E-state index in [0.29, 0.717) is 19.5 Å². The molecule has 1 aromatic rings. The lowest BCUT2D eigenvalue weighted by molar-refractivity contribution is -0.127. The molecule has 1 atom stereocenters. The smallest absolute Gasteiger partial charge is 0.322 e. The summed E-state index contributed by atoms with van der Waals surface area (Å²) in [5.74, 6) is -0.744. The second kappa shape index (κ2) is 6.22. The van der Waals surface area contributed by atoms with Crippen molar-refractivity contribution in [3.63, 3.8) is 0 Å². The lowest BCUT2D eigenvalue weighted by Crippen LogP contribution is -2.57. The maximum atomic E-state index is 13.1. The van der Waals surface area contributed by atoms with Crippen LogP contribution in [0.4, 0.5) is 14.9 Å². The average molecular weight is 290 g/mol. The van der Waals surface area contributed by atoms with Crippen LogP contribution in [0.5, 0.6) is 0 Å². The molecule has 0 aromatic heterocycles. The van der Waals surface area contributed by atoms with Crippen molar-refractivity contribution in [2.45, 2.75) is 19.4 Å². The maximum absolute atomic E-state index is 13.1. The van der Waals surface area contributed by atoms with E-state index in [4.69, 9.17) is 5.26 Å². The van der Waals surface area contributed by atoms with Gasteiger partial charge in [-0.25, -0.2) is 9.18 Å². The van der Waals surface area contributed by atoms with Crippen molar-refractivity contribution in [1.82, 2.24) is 10.2 Å². The third-order valence-electron chi connectivity index (χ3n) is 3.32. The predicted octanol–water partition coefficient (Wildman–Crippen LogP) is 1.44. The standard InChI is InChI=1S/C14H15FN4O2/c1-2-12-13(20)17-5-6-19(12)14(21)18-11-4-3-10(15)7-9(11)8-16/h3-4,7,12H,2,5-6H2,1H3,(H,17,20)(H,18,21). The summed E-state index contributed by atoms with van der Waals surface area (Å²) in [4.78, 5) is 25.4. The molecule has 1 heterocycles. The Morgan fingerprint density at radius 1 is 1.62 bits per heavy atom. The van der Waals surface area contributed by atoms with Crippen LogP contribution >= 0.6 is 0 Å². The molecule has 6 nitrogen and oxygen atoms in total. The zero-order valence-corrected chi connectivity index (χ0v) is 11.5. The summed E-state index contributed by atoms with van der Waals surface area (Å²) in [7, 11) is 0. The molecule has 0 radical (unpaired) electrons. The SMILES string of the molecule is CCC1C(=O)NCCN1C(=O)Nc1ccc(F)cc1C#N. The number of nitrogens with zero attached hydrogens (tertiary/aromatic N) is 2. The molecular weight excluding hydrogens is 275 g/mol. The van der Waals surface area contributed by atoms with Crippen molar-refractivity contribution >= 4 is 17.6 Å². The number of nitrogens with one attached hydrogen (secondary N) is 2. The highest BCUT2D eigenvalue weighted by Crippen LogP contribution is 2.18. The van der Waals surface area contributed by atoms with Gasteiger partial charge in [0.25, 0.3) is 0 Å². The number of carbonyl (C=O) groups is 2. The second-order valence-corrected chi connectivity index (χ2v) is 4.64. The fourth-order valence-electron chi connectivity index (χ4n) is 2.27. The van der Waals surface area contributed by atoms with Crippen LogP contribution in [0, 0.1) is 17.1 Å². The summed E-state index contributed by atoms with van der Waals surface area (Å²) in [6, 6.07) is 4.36. The molecule has 0 spiro atoms. The van der Waals surface area contributed by atoms with Crippen LogP contribution in [0.3, 0.4) is 0 Å². The minimum Gasteiger partial charge on any atom is -0.353 e. The Kier molecular flexibility index (Phi) is 4.38. The van der Waals surface area contributed by atoms with Crippen molar-refractivity contribution in [3.05, 3.63) is 29.6 Å². The highest BCUT2D eigenvalue weighted by atomic mass is 19.1. The number of amides is 3. The van der Waals surface area contributed by atoms with Crippen LogP contribution in [0.25, 0.3) is 0 Å². The Morgan fingerprint density at radius 3 is 3.05 bits per heavy atom. The summed E-state index contributed by atoms with van der Waals surface area (Å²) in [6.45, 7) is 2.59. The summed E-state index contributed by atoms with van der Waals surface area (Å²) < 4.78 is 13.1. The van der Waals surface area contributed by atoms with E-state index < -0.39 is 17.9 Å². The van der Waals surface area contributed by atoms with E-state index >= 15 is 0 Å². The van der Waals surface area contributed by atoms with E-state index in [-0.39, 0.29) is 17.2 Å². The topological polar surface area (TPSA) is 85.2 Å².